The largest absolute Gasteiger partial charge is 0.271 e. The van der Waals surface area contributed by atoms with Crippen molar-refractivity contribution in [3.05, 3.63) is 52.3 Å². The summed E-state index contributed by atoms with van der Waals surface area (Å²) in [5, 5.41) is 5.30. The van der Waals surface area contributed by atoms with Crippen LogP contribution in [0.1, 0.15) is 36.8 Å². The maximum Gasteiger partial charge on any atom is 0.0624 e. The Balaban J connectivity index is 2.21. The lowest BCUT2D eigenvalue weighted by molar-refractivity contribution is 0.516. The van der Waals surface area contributed by atoms with E-state index in [9.17, 15) is 0 Å². The first-order valence-corrected chi connectivity index (χ1v) is 7.32. The van der Waals surface area contributed by atoms with Crippen molar-refractivity contribution in [3.63, 3.8) is 0 Å². The van der Waals surface area contributed by atoms with Crippen molar-refractivity contribution < 1.29 is 0 Å². The van der Waals surface area contributed by atoms with E-state index in [-0.39, 0.29) is 6.04 Å². The van der Waals surface area contributed by atoms with Gasteiger partial charge in [0.25, 0.3) is 0 Å². The van der Waals surface area contributed by atoms with Gasteiger partial charge in [-0.3, -0.25) is 16.0 Å². The number of halogens is 1. The molecule has 0 radical (unpaired) electrons. The van der Waals surface area contributed by atoms with Crippen LogP contribution in [0.25, 0.3) is 0 Å². The lowest BCUT2D eigenvalue weighted by atomic mass is 10.0. The second kappa shape index (κ2) is 6.88. The molecule has 0 saturated heterocycles. The predicted molar refractivity (Wildman–Crippen MR) is 82.5 cm³/mol. The molecular formula is C15H21ClN4. The fraction of sp³-hybridized carbons (Fsp3) is 0.400. The number of hydrogen-bond acceptors (Lipinski definition) is 3. The number of nitrogens with one attached hydrogen (secondary N) is 1. The molecule has 0 amide bonds. The molecule has 0 aliphatic rings. The van der Waals surface area contributed by atoms with Crippen LogP contribution in [0, 0.1) is 0 Å². The van der Waals surface area contributed by atoms with E-state index in [0.29, 0.717) is 0 Å². The van der Waals surface area contributed by atoms with Crippen molar-refractivity contribution in [3.8, 4) is 0 Å². The molecule has 4 nitrogen and oxygen atoms in total. The van der Waals surface area contributed by atoms with E-state index in [1.165, 1.54) is 5.69 Å². The smallest absolute Gasteiger partial charge is 0.0624 e. The monoisotopic (exact) mass is 292 g/mol. The zero-order valence-electron chi connectivity index (χ0n) is 11.9. The standard InChI is InChI=1S/C15H21ClN4/c1-3-13-9-14(20(4-2)19-13)10-15(18-17)11-5-7-12(16)8-6-11/h5-9,15,18H,3-4,10,17H2,1-2H3. The molecule has 2 rings (SSSR count). The van der Waals surface area contributed by atoms with Crippen LogP contribution < -0.4 is 11.3 Å². The van der Waals surface area contributed by atoms with Gasteiger partial charge in [0.15, 0.2) is 0 Å². The molecule has 1 unspecified atom stereocenters. The van der Waals surface area contributed by atoms with Crippen molar-refractivity contribution in [2.45, 2.75) is 39.3 Å². The van der Waals surface area contributed by atoms with Crippen LogP contribution in [0.15, 0.2) is 30.3 Å². The maximum absolute atomic E-state index is 5.92. The van der Waals surface area contributed by atoms with Crippen LogP contribution in [-0.2, 0) is 19.4 Å². The fourth-order valence-electron chi connectivity index (χ4n) is 2.30. The molecule has 1 aromatic heterocycles. The van der Waals surface area contributed by atoms with Gasteiger partial charge in [-0.05, 0) is 37.1 Å². The molecule has 108 valence electrons. The second-order valence-electron chi connectivity index (χ2n) is 4.77. The Bertz CT molecular complexity index is 548. The van der Waals surface area contributed by atoms with E-state index in [4.69, 9.17) is 17.4 Å². The second-order valence-corrected chi connectivity index (χ2v) is 5.21. The molecule has 1 atom stereocenters. The van der Waals surface area contributed by atoms with Crippen molar-refractivity contribution in [2.75, 3.05) is 0 Å². The summed E-state index contributed by atoms with van der Waals surface area (Å²) in [6, 6.07) is 9.98. The van der Waals surface area contributed by atoms with Crippen LogP contribution in [0.5, 0.6) is 0 Å². The molecule has 5 heteroatoms. The van der Waals surface area contributed by atoms with Gasteiger partial charge < -0.3 is 0 Å². The highest BCUT2D eigenvalue weighted by molar-refractivity contribution is 6.30. The normalized spacial score (nSPS) is 12.6. The molecule has 1 aromatic carbocycles. The first-order valence-electron chi connectivity index (χ1n) is 6.95. The number of hydrazine groups is 1. The maximum atomic E-state index is 5.92. The van der Waals surface area contributed by atoms with Crippen LogP contribution >= 0.6 is 11.6 Å². The van der Waals surface area contributed by atoms with Crippen molar-refractivity contribution >= 4 is 11.6 Å². The van der Waals surface area contributed by atoms with Gasteiger partial charge in [-0.25, -0.2) is 0 Å². The van der Waals surface area contributed by atoms with E-state index >= 15 is 0 Å². The average molecular weight is 293 g/mol. The van der Waals surface area contributed by atoms with Gasteiger partial charge in [0.1, 0.15) is 0 Å². The minimum absolute atomic E-state index is 0.0546. The fourth-order valence-corrected chi connectivity index (χ4v) is 2.43. The number of hydrogen-bond donors (Lipinski definition) is 2. The Morgan fingerprint density at radius 1 is 1.30 bits per heavy atom. The lowest BCUT2D eigenvalue weighted by Gasteiger charge is -2.17. The molecule has 0 fully saturated rings. The summed E-state index contributed by atoms with van der Waals surface area (Å²) in [4.78, 5) is 0. The average Bonchev–Trinajstić information content (AvgIpc) is 2.88. The minimum atomic E-state index is 0.0546. The Morgan fingerprint density at radius 2 is 2.00 bits per heavy atom. The molecule has 1 heterocycles. The van der Waals surface area contributed by atoms with Crippen molar-refractivity contribution in [1.29, 1.82) is 0 Å². The van der Waals surface area contributed by atoms with Gasteiger partial charge in [0.05, 0.1) is 11.7 Å². The van der Waals surface area contributed by atoms with Crippen LogP contribution in [0.3, 0.4) is 0 Å². The molecule has 20 heavy (non-hydrogen) atoms. The molecule has 0 aliphatic carbocycles. The van der Waals surface area contributed by atoms with E-state index in [1.54, 1.807) is 0 Å². The minimum Gasteiger partial charge on any atom is -0.271 e. The van der Waals surface area contributed by atoms with E-state index in [0.717, 1.165) is 35.7 Å². The Morgan fingerprint density at radius 3 is 2.55 bits per heavy atom. The molecule has 0 spiro atoms. The summed E-state index contributed by atoms with van der Waals surface area (Å²) in [5.74, 6) is 5.71. The first-order chi connectivity index (χ1) is 9.67. The van der Waals surface area contributed by atoms with Crippen LogP contribution in [-0.4, -0.2) is 9.78 Å². The van der Waals surface area contributed by atoms with Gasteiger partial charge in [0, 0.05) is 23.7 Å². The highest BCUT2D eigenvalue weighted by atomic mass is 35.5. The number of benzene rings is 1. The van der Waals surface area contributed by atoms with Crippen molar-refractivity contribution in [2.24, 2.45) is 5.84 Å². The lowest BCUT2D eigenvalue weighted by Crippen LogP contribution is -2.30. The van der Waals surface area contributed by atoms with E-state index < -0.39 is 0 Å². The third-order valence-electron chi connectivity index (χ3n) is 3.46. The summed E-state index contributed by atoms with van der Waals surface area (Å²) in [6.45, 7) is 5.08. The molecule has 2 aromatic rings. The van der Waals surface area contributed by atoms with Crippen molar-refractivity contribution in [1.82, 2.24) is 15.2 Å². The van der Waals surface area contributed by atoms with Gasteiger partial charge in [-0.2, -0.15) is 5.10 Å². The highest BCUT2D eigenvalue weighted by Gasteiger charge is 2.14. The SMILES string of the molecule is CCc1cc(CC(NN)c2ccc(Cl)cc2)n(CC)n1. The van der Waals surface area contributed by atoms with Gasteiger partial charge in [0.2, 0.25) is 0 Å². The number of aryl methyl sites for hydroxylation is 2. The zero-order valence-corrected chi connectivity index (χ0v) is 12.7. The number of aromatic nitrogens is 2. The summed E-state index contributed by atoms with van der Waals surface area (Å²) >= 11 is 5.92. The first kappa shape index (κ1) is 15.0. The topological polar surface area (TPSA) is 55.9 Å². The molecule has 0 saturated carbocycles. The Hall–Kier alpha value is -1.36. The number of rotatable bonds is 6. The predicted octanol–water partition coefficient (Wildman–Crippen LogP) is 2.87. The van der Waals surface area contributed by atoms with Gasteiger partial charge in [-0.1, -0.05) is 30.7 Å². The number of nitrogens with zero attached hydrogens (tertiary/aromatic N) is 2. The molecular weight excluding hydrogens is 272 g/mol. The zero-order chi connectivity index (χ0) is 14.5. The quantitative estimate of drug-likeness (QED) is 0.636. The van der Waals surface area contributed by atoms with E-state index in [2.05, 4.69) is 30.4 Å². The number of nitrogens with two attached hydrogens (primary N) is 1. The van der Waals surface area contributed by atoms with Gasteiger partial charge >= 0.3 is 0 Å². The summed E-state index contributed by atoms with van der Waals surface area (Å²) in [6.07, 6.45) is 1.75. The Kier molecular flexibility index (Phi) is 5.17. The summed E-state index contributed by atoms with van der Waals surface area (Å²) in [5.41, 5.74) is 6.32. The summed E-state index contributed by atoms with van der Waals surface area (Å²) in [7, 11) is 0. The van der Waals surface area contributed by atoms with E-state index in [1.807, 2.05) is 28.9 Å². The summed E-state index contributed by atoms with van der Waals surface area (Å²) < 4.78 is 2.04. The molecule has 0 bridgehead atoms. The molecule has 3 N–H and O–H groups in total. The van der Waals surface area contributed by atoms with Gasteiger partial charge in [-0.15, -0.1) is 0 Å². The molecule has 0 aliphatic heterocycles. The Labute approximate surface area is 124 Å². The third-order valence-corrected chi connectivity index (χ3v) is 3.71. The highest BCUT2D eigenvalue weighted by Crippen LogP contribution is 2.20. The van der Waals surface area contributed by atoms with Crippen LogP contribution in [0.2, 0.25) is 5.02 Å². The third kappa shape index (κ3) is 3.39. The van der Waals surface area contributed by atoms with Crippen LogP contribution in [0.4, 0.5) is 0 Å².